The summed E-state index contributed by atoms with van der Waals surface area (Å²) in [7, 11) is 0. The Kier molecular flexibility index (Phi) is 8.84. The molecule has 2 aromatic heterocycles. The summed E-state index contributed by atoms with van der Waals surface area (Å²) in [5.41, 5.74) is 2.05. The SMILES string of the molecule is CC(C)n1cnc2c(Nc3cccc(NC(=O)c4ccc([N+](=O)[O-])cc4)c3)nc(N3CCCC(NC(=O)OC(C)(C)C)C3)nc21. The Morgan fingerprint density at radius 3 is 2.51 bits per heavy atom. The number of imidazole rings is 1. The first-order valence-corrected chi connectivity index (χ1v) is 14.8. The third kappa shape index (κ3) is 7.63. The predicted molar refractivity (Wildman–Crippen MR) is 171 cm³/mol. The molecule has 2 amide bonds. The molecule has 236 valence electrons. The van der Waals surface area contributed by atoms with Crippen molar-refractivity contribution in [3.63, 3.8) is 0 Å². The Hall–Kier alpha value is -5.27. The lowest BCUT2D eigenvalue weighted by Crippen LogP contribution is -2.49. The fourth-order valence-corrected chi connectivity index (χ4v) is 5.01. The fraction of sp³-hybridized carbons (Fsp3) is 0.387. The van der Waals surface area contributed by atoms with E-state index in [1.165, 1.54) is 24.3 Å². The molecule has 45 heavy (non-hydrogen) atoms. The molecule has 1 aliphatic heterocycles. The van der Waals surface area contributed by atoms with E-state index in [1.54, 1.807) is 24.5 Å². The van der Waals surface area contributed by atoms with Crippen molar-refractivity contribution in [3.05, 3.63) is 70.5 Å². The van der Waals surface area contributed by atoms with Crippen LogP contribution >= 0.6 is 0 Å². The van der Waals surface area contributed by atoms with E-state index in [9.17, 15) is 19.7 Å². The van der Waals surface area contributed by atoms with Gasteiger partial charge in [0.1, 0.15) is 5.60 Å². The van der Waals surface area contributed by atoms with Crippen LogP contribution in [0.3, 0.4) is 0 Å². The van der Waals surface area contributed by atoms with Crippen molar-refractivity contribution in [3.8, 4) is 0 Å². The quantitative estimate of drug-likeness (QED) is 0.162. The van der Waals surface area contributed by atoms with Crippen LogP contribution < -0.4 is 20.9 Å². The molecule has 0 aliphatic carbocycles. The lowest BCUT2D eigenvalue weighted by atomic mass is 10.1. The summed E-state index contributed by atoms with van der Waals surface area (Å²) in [5.74, 6) is 0.602. The monoisotopic (exact) mass is 615 g/mol. The normalized spacial score (nSPS) is 15.2. The molecular formula is C31H37N9O5. The van der Waals surface area contributed by atoms with Crippen molar-refractivity contribution in [1.82, 2.24) is 24.8 Å². The summed E-state index contributed by atoms with van der Waals surface area (Å²) < 4.78 is 7.44. The molecule has 3 N–H and O–H groups in total. The number of anilines is 4. The van der Waals surface area contributed by atoms with Gasteiger partial charge in [-0.3, -0.25) is 14.9 Å². The summed E-state index contributed by atoms with van der Waals surface area (Å²) in [6, 6.07) is 12.5. The molecule has 0 spiro atoms. The van der Waals surface area contributed by atoms with Crippen molar-refractivity contribution in [1.29, 1.82) is 0 Å². The molecule has 14 heteroatoms. The standard InChI is InChI=1S/C31H37N9O5/c1-19(2)39-18-32-25-26(33-21-8-6-9-22(16-21)34-28(41)20-11-13-24(14-12-20)40(43)44)36-29(37-27(25)39)38-15-7-10-23(17-38)35-30(42)45-31(3,4)5/h6,8-9,11-14,16,18-19,23H,7,10,15,17H2,1-5H3,(H,34,41)(H,35,42)(H,33,36,37). The second-order valence-corrected chi connectivity index (χ2v) is 12.2. The molecule has 1 saturated heterocycles. The number of non-ortho nitro benzene ring substituents is 1. The van der Waals surface area contributed by atoms with Crippen molar-refractivity contribution < 1.29 is 19.2 Å². The minimum absolute atomic E-state index is 0.0902. The number of alkyl carbamates (subject to hydrolysis) is 1. The second-order valence-electron chi connectivity index (χ2n) is 12.2. The van der Waals surface area contributed by atoms with Gasteiger partial charge in [0.2, 0.25) is 5.95 Å². The number of rotatable bonds is 8. The summed E-state index contributed by atoms with van der Waals surface area (Å²) in [6.07, 6.45) is 2.94. The summed E-state index contributed by atoms with van der Waals surface area (Å²) in [6.45, 7) is 10.8. The van der Waals surface area contributed by atoms with Gasteiger partial charge in [0.25, 0.3) is 11.6 Å². The smallest absolute Gasteiger partial charge is 0.407 e. The third-order valence-electron chi connectivity index (χ3n) is 7.11. The number of hydrogen-bond donors (Lipinski definition) is 3. The highest BCUT2D eigenvalue weighted by Crippen LogP contribution is 2.29. The summed E-state index contributed by atoms with van der Waals surface area (Å²) in [5, 5.41) is 20.1. The van der Waals surface area contributed by atoms with E-state index in [2.05, 4.69) is 39.7 Å². The molecule has 3 heterocycles. The molecule has 0 radical (unpaired) electrons. The average Bonchev–Trinajstić information content (AvgIpc) is 3.41. The average molecular weight is 616 g/mol. The summed E-state index contributed by atoms with van der Waals surface area (Å²) >= 11 is 0. The number of carbonyl (C=O) groups excluding carboxylic acids is 2. The van der Waals surface area contributed by atoms with Crippen LogP contribution in [0.4, 0.5) is 33.6 Å². The number of nitrogens with zero attached hydrogens (tertiary/aromatic N) is 6. The Morgan fingerprint density at radius 2 is 1.82 bits per heavy atom. The van der Waals surface area contributed by atoms with E-state index in [0.29, 0.717) is 46.4 Å². The first-order chi connectivity index (χ1) is 21.4. The van der Waals surface area contributed by atoms with Gasteiger partial charge in [0.15, 0.2) is 17.0 Å². The molecule has 2 aromatic carbocycles. The number of benzene rings is 2. The number of hydrogen-bond acceptors (Lipinski definition) is 10. The lowest BCUT2D eigenvalue weighted by molar-refractivity contribution is -0.384. The molecule has 1 atom stereocenters. The highest BCUT2D eigenvalue weighted by atomic mass is 16.6. The van der Waals surface area contributed by atoms with Gasteiger partial charge in [-0.1, -0.05) is 6.07 Å². The van der Waals surface area contributed by atoms with E-state index in [1.807, 2.05) is 31.4 Å². The zero-order valence-corrected chi connectivity index (χ0v) is 25.9. The molecule has 0 bridgehead atoms. The first-order valence-electron chi connectivity index (χ1n) is 14.8. The van der Waals surface area contributed by atoms with Gasteiger partial charge in [0.05, 0.1) is 11.3 Å². The van der Waals surface area contributed by atoms with Gasteiger partial charge < -0.3 is 30.2 Å². The third-order valence-corrected chi connectivity index (χ3v) is 7.11. The van der Waals surface area contributed by atoms with E-state index in [0.717, 1.165) is 19.4 Å². The van der Waals surface area contributed by atoms with Crippen LogP contribution in [-0.2, 0) is 4.74 Å². The number of piperidine rings is 1. The van der Waals surface area contributed by atoms with E-state index < -0.39 is 22.5 Å². The maximum Gasteiger partial charge on any atom is 0.407 e. The molecular weight excluding hydrogens is 578 g/mol. The van der Waals surface area contributed by atoms with Crippen LogP contribution in [0.5, 0.6) is 0 Å². The molecule has 1 fully saturated rings. The van der Waals surface area contributed by atoms with Crippen molar-refractivity contribution >= 4 is 52.0 Å². The molecule has 4 aromatic rings. The van der Waals surface area contributed by atoms with Gasteiger partial charge in [-0.25, -0.2) is 9.78 Å². The van der Waals surface area contributed by atoms with Crippen LogP contribution in [0.1, 0.15) is 63.9 Å². The van der Waals surface area contributed by atoms with Crippen molar-refractivity contribution in [2.45, 2.75) is 65.1 Å². The van der Waals surface area contributed by atoms with Crippen LogP contribution in [-0.4, -0.2) is 61.2 Å². The van der Waals surface area contributed by atoms with Crippen LogP contribution in [0.25, 0.3) is 11.2 Å². The van der Waals surface area contributed by atoms with Crippen LogP contribution in [0.15, 0.2) is 54.9 Å². The number of amides is 2. The molecule has 1 unspecified atom stereocenters. The van der Waals surface area contributed by atoms with Gasteiger partial charge in [-0.2, -0.15) is 9.97 Å². The zero-order chi connectivity index (χ0) is 32.3. The van der Waals surface area contributed by atoms with E-state index in [-0.39, 0.29) is 17.8 Å². The highest BCUT2D eigenvalue weighted by Gasteiger charge is 2.27. The van der Waals surface area contributed by atoms with Gasteiger partial charge >= 0.3 is 6.09 Å². The lowest BCUT2D eigenvalue weighted by Gasteiger charge is -2.33. The maximum atomic E-state index is 12.8. The molecule has 5 rings (SSSR count). The molecule has 1 aliphatic rings. The van der Waals surface area contributed by atoms with Crippen molar-refractivity contribution in [2.24, 2.45) is 0 Å². The highest BCUT2D eigenvalue weighted by molar-refractivity contribution is 6.04. The second kappa shape index (κ2) is 12.8. The van der Waals surface area contributed by atoms with Crippen LogP contribution in [0.2, 0.25) is 0 Å². The predicted octanol–water partition coefficient (Wildman–Crippen LogP) is 5.80. The Labute approximate surface area is 260 Å². The maximum absolute atomic E-state index is 12.8. The number of nitrogens with one attached hydrogen (secondary N) is 3. The number of aromatic nitrogens is 4. The van der Waals surface area contributed by atoms with Crippen molar-refractivity contribution in [2.75, 3.05) is 28.6 Å². The van der Waals surface area contributed by atoms with Gasteiger partial charge in [-0.15, -0.1) is 0 Å². The minimum Gasteiger partial charge on any atom is -0.444 e. The number of nitro groups is 1. The van der Waals surface area contributed by atoms with Crippen LogP contribution in [0, 0.1) is 10.1 Å². The molecule has 0 saturated carbocycles. The Balaban J connectivity index is 1.38. The Morgan fingerprint density at radius 1 is 1.09 bits per heavy atom. The zero-order valence-electron chi connectivity index (χ0n) is 25.9. The van der Waals surface area contributed by atoms with Gasteiger partial charge in [0, 0.05) is 54.2 Å². The van der Waals surface area contributed by atoms with E-state index >= 15 is 0 Å². The largest absolute Gasteiger partial charge is 0.444 e. The number of fused-ring (bicyclic) bond motifs is 1. The number of nitro benzene ring substituents is 1. The first kappa shape index (κ1) is 31.2. The molecule has 14 nitrogen and oxygen atoms in total. The fourth-order valence-electron chi connectivity index (χ4n) is 5.01. The van der Waals surface area contributed by atoms with E-state index in [4.69, 9.17) is 14.7 Å². The van der Waals surface area contributed by atoms with Gasteiger partial charge in [-0.05, 0) is 77.8 Å². The number of carbonyl (C=O) groups is 2. The minimum atomic E-state index is -0.590. The number of ether oxygens (including phenoxy) is 1. The topological polar surface area (TPSA) is 169 Å². The summed E-state index contributed by atoms with van der Waals surface area (Å²) in [4.78, 5) is 52.1. The Bertz CT molecular complexity index is 1710.